The van der Waals surface area contributed by atoms with Crippen LogP contribution in [0.5, 0.6) is 0 Å². The first-order valence-electron chi connectivity index (χ1n) is 5.53. The topological polar surface area (TPSA) is 67.2 Å². The average Bonchev–Trinajstić information content (AvgIpc) is 2.25. The van der Waals surface area contributed by atoms with Crippen LogP contribution in [0.25, 0.3) is 0 Å². The summed E-state index contributed by atoms with van der Waals surface area (Å²) in [5, 5.41) is 16.9. The molecule has 5 nitrogen and oxygen atoms in total. The van der Waals surface area contributed by atoms with Gasteiger partial charge in [-0.15, -0.1) is 0 Å². The number of nitro benzene ring substituents is 1. The largest absolute Gasteiger partial charge is 0.388 e. The smallest absolute Gasteiger partial charge is 0.273 e. The van der Waals surface area contributed by atoms with E-state index in [9.17, 15) is 10.1 Å². The second kappa shape index (κ2) is 5.03. The van der Waals surface area contributed by atoms with Crippen molar-refractivity contribution in [3.05, 3.63) is 28.3 Å². The molecular weight excluding hydrogens is 218 g/mol. The van der Waals surface area contributed by atoms with E-state index < -0.39 is 0 Å². The van der Waals surface area contributed by atoms with Crippen molar-refractivity contribution in [2.24, 2.45) is 5.41 Å². The third-order valence-electron chi connectivity index (χ3n) is 2.24. The predicted molar refractivity (Wildman–Crippen MR) is 70.6 cm³/mol. The van der Waals surface area contributed by atoms with Crippen LogP contribution in [0.4, 0.5) is 17.1 Å². The molecule has 0 aliphatic heterocycles. The Kier molecular flexibility index (Phi) is 3.93. The Bertz CT molecular complexity index is 411. The fraction of sp³-hybridized carbons (Fsp3) is 0.500. The van der Waals surface area contributed by atoms with E-state index in [2.05, 4.69) is 31.4 Å². The van der Waals surface area contributed by atoms with Crippen molar-refractivity contribution in [2.45, 2.75) is 20.8 Å². The van der Waals surface area contributed by atoms with Gasteiger partial charge in [-0.2, -0.15) is 0 Å². The summed E-state index contributed by atoms with van der Waals surface area (Å²) in [7, 11) is 1.74. The lowest BCUT2D eigenvalue weighted by atomic mass is 9.97. The highest BCUT2D eigenvalue weighted by molar-refractivity contribution is 5.63. The summed E-state index contributed by atoms with van der Waals surface area (Å²) < 4.78 is 0. The minimum atomic E-state index is -0.386. The summed E-state index contributed by atoms with van der Waals surface area (Å²) in [5.74, 6) is 0. The molecule has 0 aromatic heterocycles. The number of nitrogens with one attached hydrogen (secondary N) is 2. The van der Waals surface area contributed by atoms with Gasteiger partial charge in [0.15, 0.2) is 0 Å². The van der Waals surface area contributed by atoms with Crippen molar-refractivity contribution >= 4 is 17.1 Å². The van der Waals surface area contributed by atoms with Gasteiger partial charge in [-0.05, 0) is 11.5 Å². The Balaban J connectivity index is 2.91. The van der Waals surface area contributed by atoms with Crippen molar-refractivity contribution in [3.63, 3.8) is 0 Å². The maximum Gasteiger partial charge on any atom is 0.273 e. The Hall–Kier alpha value is -1.78. The van der Waals surface area contributed by atoms with Crippen LogP contribution in [-0.2, 0) is 0 Å². The van der Waals surface area contributed by atoms with Crippen molar-refractivity contribution in [1.29, 1.82) is 0 Å². The molecule has 0 aliphatic rings. The fourth-order valence-corrected chi connectivity index (χ4v) is 1.33. The minimum absolute atomic E-state index is 0.0910. The summed E-state index contributed by atoms with van der Waals surface area (Å²) in [5.41, 5.74) is 1.71. The van der Waals surface area contributed by atoms with Crippen LogP contribution >= 0.6 is 0 Å². The zero-order valence-electron chi connectivity index (χ0n) is 10.7. The second-order valence-electron chi connectivity index (χ2n) is 5.19. The summed E-state index contributed by atoms with van der Waals surface area (Å²) >= 11 is 0. The predicted octanol–water partition coefficient (Wildman–Crippen LogP) is 3.09. The molecule has 94 valence electrons. The molecule has 0 amide bonds. The van der Waals surface area contributed by atoms with Crippen LogP contribution in [0.3, 0.4) is 0 Å². The van der Waals surface area contributed by atoms with E-state index in [1.807, 2.05) is 6.07 Å². The van der Waals surface area contributed by atoms with E-state index >= 15 is 0 Å². The number of hydrogen-bond acceptors (Lipinski definition) is 4. The molecule has 0 radical (unpaired) electrons. The van der Waals surface area contributed by atoms with E-state index in [1.54, 1.807) is 13.1 Å². The molecule has 17 heavy (non-hydrogen) atoms. The van der Waals surface area contributed by atoms with Crippen molar-refractivity contribution in [2.75, 3.05) is 24.2 Å². The minimum Gasteiger partial charge on any atom is -0.388 e. The van der Waals surface area contributed by atoms with Crippen LogP contribution in [0.15, 0.2) is 18.2 Å². The zero-order valence-corrected chi connectivity index (χ0v) is 10.7. The third kappa shape index (κ3) is 4.30. The lowest BCUT2D eigenvalue weighted by Gasteiger charge is -2.19. The van der Waals surface area contributed by atoms with Gasteiger partial charge in [-0.1, -0.05) is 20.8 Å². The van der Waals surface area contributed by atoms with Crippen molar-refractivity contribution in [3.8, 4) is 0 Å². The van der Waals surface area contributed by atoms with Crippen molar-refractivity contribution < 1.29 is 4.92 Å². The summed E-state index contributed by atoms with van der Waals surface area (Å²) in [6.45, 7) is 7.08. The monoisotopic (exact) mass is 237 g/mol. The number of benzene rings is 1. The molecule has 0 atom stereocenters. The highest BCUT2D eigenvalue weighted by Gasteiger charge is 2.12. The summed E-state index contributed by atoms with van der Waals surface area (Å²) in [6, 6.07) is 4.92. The Morgan fingerprint density at radius 2 is 1.82 bits per heavy atom. The average molecular weight is 237 g/mol. The number of rotatable bonds is 4. The Morgan fingerprint density at radius 1 is 1.24 bits per heavy atom. The SMILES string of the molecule is CNc1cc(NCC(C)(C)C)cc([N+](=O)[O-])c1. The van der Waals surface area contributed by atoms with Crippen LogP contribution < -0.4 is 10.6 Å². The van der Waals surface area contributed by atoms with Crippen LogP contribution in [-0.4, -0.2) is 18.5 Å². The quantitative estimate of drug-likeness (QED) is 0.623. The highest BCUT2D eigenvalue weighted by atomic mass is 16.6. The first-order valence-corrected chi connectivity index (χ1v) is 5.53. The van der Waals surface area contributed by atoms with Crippen LogP contribution in [0.1, 0.15) is 20.8 Å². The Morgan fingerprint density at radius 3 is 2.29 bits per heavy atom. The summed E-state index contributed by atoms with van der Waals surface area (Å²) in [6.07, 6.45) is 0. The molecule has 1 aromatic rings. The van der Waals surface area contributed by atoms with E-state index in [1.165, 1.54) is 6.07 Å². The van der Waals surface area contributed by atoms with Gasteiger partial charge in [0.05, 0.1) is 4.92 Å². The van der Waals surface area contributed by atoms with Crippen molar-refractivity contribution in [1.82, 2.24) is 0 Å². The molecule has 0 fully saturated rings. The normalized spacial score (nSPS) is 11.1. The highest BCUT2D eigenvalue weighted by Crippen LogP contribution is 2.25. The van der Waals surface area contributed by atoms with Gasteiger partial charge in [0.25, 0.3) is 5.69 Å². The second-order valence-corrected chi connectivity index (χ2v) is 5.19. The molecule has 1 rings (SSSR count). The van der Waals surface area contributed by atoms with Gasteiger partial charge in [0.2, 0.25) is 0 Å². The molecule has 2 N–H and O–H groups in total. The van der Waals surface area contributed by atoms with E-state index in [4.69, 9.17) is 0 Å². The maximum atomic E-state index is 10.8. The molecule has 0 unspecified atom stereocenters. The molecule has 0 spiro atoms. The van der Waals surface area contributed by atoms with Crippen LogP contribution in [0, 0.1) is 15.5 Å². The van der Waals surface area contributed by atoms with Gasteiger partial charge in [0.1, 0.15) is 0 Å². The first-order chi connectivity index (χ1) is 7.81. The number of hydrogen-bond donors (Lipinski definition) is 2. The molecule has 1 aromatic carbocycles. The van der Waals surface area contributed by atoms with E-state index in [0.29, 0.717) is 0 Å². The first kappa shape index (κ1) is 13.3. The van der Waals surface area contributed by atoms with E-state index in [0.717, 1.165) is 17.9 Å². The van der Waals surface area contributed by atoms with Gasteiger partial charge < -0.3 is 10.6 Å². The maximum absolute atomic E-state index is 10.8. The third-order valence-corrected chi connectivity index (χ3v) is 2.24. The molecular formula is C12H19N3O2. The molecule has 0 saturated carbocycles. The lowest BCUT2D eigenvalue weighted by molar-refractivity contribution is -0.384. The molecule has 0 saturated heterocycles. The number of nitro groups is 1. The number of nitrogens with zero attached hydrogens (tertiary/aromatic N) is 1. The summed E-state index contributed by atoms with van der Waals surface area (Å²) in [4.78, 5) is 10.4. The fourth-order valence-electron chi connectivity index (χ4n) is 1.33. The van der Waals surface area contributed by atoms with Crippen LogP contribution in [0.2, 0.25) is 0 Å². The molecule has 0 heterocycles. The van der Waals surface area contributed by atoms with E-state index in [-0.39, 0.29) is 16.0 Å². The molecule has 0 aliphatic carbocycles. The zero-order chi connectivity index (χ0) is 13.1. The number of non-ortho nitro benzene ring substituents is 1. The molecule has 0 bridgehead atoms. The van der Waals surface area contributed by atoms with Gasteiger partial charge in [0, 0.05) is 37.1 Å². The molecule has 5 heteroatoms. The number of anilines is 2. The van der Waals surface area contributed by atoms with Gasteiger partial charge >= 0.3 is 0 Å². The van der Waals surface area contributed by atoms with Gasteiger partial charge in [-0.3, -0.25) is 10.1 Å². The Labute approximate surface area is 101 Å². The lowest BCUT2D eigenvalue weighted by Crippen LogP contribution is -2.19. The van der Waals surface area contributed by atoms with Gasteiger partial charge in [-0.25, -0.2) is 0 Å². The standard InChI is InChI=1S/C12H19N3O2/c1-12(2,3)8-14-10-5-9(13-4)6-11(7-10)15(16)17/h5-7,13-14H,8H2,1-4H3.